The summed E-state index contributed by atoms with van der Waals surface area (Å²) in [6, 6.07) is 0. The molecule has 2 fully saturated rings. The molecule has 0 spiro atoms. The summed E-state index contributed by atoms with van der Waals surface area (Å²) in [7, 11) is 0. The third kappa shape index (κ3) is 2.47. The van der Waals surface area contributed by atoms with Gasteiger partial charge in [0, 0.05) is 13.1 Å². The van der Waals surface area contributed by atoms with Gasteiger partial charge >= 0.3 is 0 Å². The zero-order valence-corrected chi connectivity index (χ0v) is 11.2. The Morgan fingerprint density at radius 2 is 2.06 bits per heavy atom. The highest BCUT2D eigenvalue weighted by Crippen LogP contribution is 2.27. The van der Waals surface area contributed by atoms with E-state index in [2.05, 4.69) is 12.2 Å². The summed E-state index contributed by atoms with van der Waals surface area (Å²) in [5.41, 5.74) is -0.295. The van der Waals surface area contributed by atoms with E-state index in [0.29, 0.717) is 0 Å². The Kier molecular flexibility index (Phi) is 3.73. The number of rotatable bonds is 2. The molecule has 2 aliphatic heterocycles. The fourth-order valence-electron chi connectivity index (χ4n) is 3.09. The first-order valence-electron chi connectivity index (χ1n) is 6.77. The second-order valence-corrected chi connectivity index (χ2v) is 5.43. The van der Waals surface area contributed by atoms with Crippen molar-refractivity contribution in [3.8, 4) is 0 Å². The standard InChI is InChI=1S/C13H24N2O2/c1-4-13(6-5-7-14-13)12(16)15-8-10(2)17-11(3)9-15/h10-11,14H,4-9H2,1-3H3/t10-,11+,13?. The van der Waals surface area contributed by atoms with E-state index >= 15 is 0 Å². The Morgan fingerprint density at radius 1 is 1.41 bits per heavy atom. The molecule has 0 aromatic heterocycles. The molecule has 2 saturated heterocycles. The molecule has 0 aromatic carbocycles. The average Bonchev–Trinajstić information content (AvgIpc) is 2.76. The molecule has 1 unspecified atom stereocenters. The van der Waals surface area contributed by atoms with E-state index in [0.717, 1.165) is 38.9 Å². The molecule has 0 aromatic rings. The Balaban J connectivity index is 2.08. The van der Waals surface area contributed by atoms with Gasteiger partial charge in [-0.3, -0.25) is 4.79 Å². The van der Waals surface area contributed by atoms with Gasteiger partial charge in [-0.2, -0.15) is 0 Å². The largest absolute Gasteiger partial charge is 0.372 e. The number of hydrogen-bond donors (Lipinski definition) is 1. The number of amides is 1. The summed E-state index contributed by atoms with van der Waals surface area (Å²) in [6.07, 6.45) is 3.26. The summed E-state index contributed by atoms with van der Waals surface area (Å²) in [5, 5.41) is 3.41. The summed E-state index contributed by atoms with van der Waals surface area (Å²) in [6.45, 7) is 8.60. The fourth-order valence-corrected chi connectivity index (χ4v) is 3.09. The van der Waals surface area contributed by atoms with Crippen molar-refractivity contribution in [1.82, 2.24) is 10.2 Å². The van der Waals surface area contributed by atoms with Crippen LogP contribution >= 0.6 is 0 Å². The number of carbonyl (C=O) groups is 1. The first-order chi connectivity index (χ1) is 8.07. The number of nitrogens with one attached hydrogen (secondary N) is 1. The number of nitrogens with zero attached hydrogens (tertiary/aromatic N) is 1. The van der Waals surface area contributed by atoms with E-state index in [4.69, 9.17) is 4.74 Å². The average molecular weight is 240 g/mol. The first-order valence-corrected chi connectivity index (χ1v) is 6.77. The monoisotopic (exact) mass is 240 g/mol. The smallest absolute Gasteiger partial charge is 0.243 e. The van der Waals surface area contributed by atoms with E-state index in [1.807, 2.05) is 18.7 Å². The third-order valence-electron chi connectivity index (χ3n) is 3.96. The lowest BCUT2D eigenvalue weighted by atomic mass is 9.92. The normalized spacial score (nSPS) is 38.4. The first kappa shape index (κ1) is 12.8. The van der Waals surface area contributed by atoms with Crippen LogP contribution in [-0.2, 0) is 9.53 Å². The SMILES string of the molecule is CCC1(C(=O)N2C[C@@H](C)O[C@@H](C)C2)CCCN1. The van der Waals surface area contributed by atoms with Crippen LogP contribution in [0.25, 0.3) is 0 Å². The molecule has 0 bridgehead atoms. The van der Waals surface area contributed by atoms with E-state index in [1.54, 1.807) is 0 Å². The zero-order valence-electron chi connectivity index (χ0n) is 11.2. The van der Waals surface area contributed by atoms with Crippen LogP contribution in [0.5, 0.6) is 0 Å². The Bertz CT molecular complexity index is 277. The van der Waals surface area contributed by atoms with Gasteiger partial charge in [-0.1, -0.05) is 6.92 Å². The lowest BCUT2D eigenvalue weighted by Gasteiger charge is -2.40. The van der Waals surface area contributed by atoms with Crippen molar-refractivity contribution in [2.75, 3.05) is 19.6 Å². The Hall–Kier alpha value is -0.610. The Morgan fingerprint density at radius 3 is 2.53 bits per heavy atom. The molecule has 2 aliphatic rings. The van der Waals surface area contributed by atoms with E-state index < -0.39 is 0 Å². The molecule has 3 atom stereocenters. The second kappa shape index (κ2) is 4.94. The highest BCUT2D eigenvalue weighted by atomic mass is 16.5. The summed E-state index contributed by atoms with van der Waals surface area (Å²) in [5.74, 6) is 0.277. The molecule has 4 heteroatoms. The van der Waals surface area contributed by atoms with Crippen LogP contribution in [0.4, 0.5) is 0 Å². The maximum absolute atomic E-state index is 12.7. The summed E-state index contributed by atoms with van der Waals surface area (Å²) in [4.78, 5) is 14.6. The van der Waals surface area contributed by atoms with E-state index in [-0.39, 0.29) is 23.7 Å². The van der Waals surface area contributed by atoms with Crippen molar-refractivity contribution in [1.29, 1.82) is 0 Å². The van der Waals surface area contributed by atoms with Crippen LogP contribution in [0.3, 0.4) is 0 Å². The molecule has 2 rings (SSSR count). The minimum absolute atomic E-state index is 0.151. The highest BCUT2D eigenvalue weighted by Gasteiger charge is 2.43. The zero-order chi connectivity index (χ0) is 12.5. The number of carbonyl (C=O) groups excluding carboxylic acids is 1. The lowest BCUT2D eigenvalue weighted by Crippen LogP contribution is -2.59. The molecule has 0 radical (unpaired) electrons. The second-order valence-electron chi connectivity index (χ2n) is 5.43. The molecule has 2 heterocycles. The minimum Gasteiger partial charge on any atom is -0.372 e. The Labute approximate surface area is 104 Å². The summed E-state index contributed by atoms with van der Waals surface area (Å²) < 4.78 is 5.68. The van der Waals surface area contributed by atoms with Crippen LogP contribution in [0.2, 0.25) is 0 Å². The molecule has 0 aliphatic carbocycles. The number of hydrogen-bond acceptors (Lipinski definition) is 3. The van der Waals surface area contributed by atoms with Crippen LogP contribution in [0.15, 0.2) is 0 Å². The minimum atomic E-state index is -0.295. The fraction of sp³-hybridized carbons (Fsp3) is 0.923. The van der Waals surface area contributed by atoms with Crippen molar-refractivity contribution in [3.05, 3.63) is 0 Å². The molecular formula is C13H24N2O2. The van der Waals surface area contributed by atoms with Crippen molar-refractivity contribution >= 4 is 5.91 Å². The topological polar surface area (TPSA) is 41.6 Å². The van der Waals surface area contributed by atoms with Crippen LogP contribution in [-0.4, -0.2) is 48.2 Å². The van der Waals surface area contributed by atoms with Gasteiger partial charge in [0.15, 0.2) is 0 Å². The van der Waals surface area contributed by atoms with Gasteiger partial charge in [0.05, 0.1) is 17.7 Å². The summed E-state index contributed by atoms with van der Waals surface area (Å²) >= 11 is 0. The van der Waals surface area contributed by atoms with Gasteiger partial charge in [0.1, 0.15) is 0 Å². The van der Waals surface area contributed by atoms with Gasteiger partial charge in [-0.25, -0.2) is 0 Å². The predicted molar refractivity (Wildman–Crippen MR) is 66.8 cm³/mol. The van der Waals surface area contributed by atoms with E-state index in [9.17, 15) is 4.79 Å². The van der Waals surface area contributed by atoms with Gasteiger partial charge < -0.3 is 15.0 Å². The van der Waals surface area contributed by atoms with E-state index in [1.165, 1.54) is 0 Å². The molecule has 0 saturated carbocycles. The quantitative estimate of drug-likeness (QED) is 0.787. The van der Waals surface area contributed by atoms with Crippen molar-refractivity contribution in [2.24, 2.45) is 0 Å². The number of morpholine rings is 1. The van der Waals surface area contributed by atoms with Crippen molar-refractivity contribution in [2.45, 2.75) is 57.8 Å². The van der Waals surface area contributed by atoms with Crippen molar-refractivity contribution < 1.29 is 9.53 Å². The molecule has 4 nitrogen and oxygen atoms in total. The van der Waals surface area contributed by atoms with Gasteiger partial charge in [-0.15, -0.1) is 0 Å². The molecule has 1 amide bonds. The molecular weight excluding hydrogens is 216 g/mol. The van der Waals surface area contributed by atoms with Crippen LogP contribution in [0, 0.1) is 0 Å². The van der Waals surface area contributed by atoms with Gasteiger partial charge in [0.2, 0.25) is 5.91 Å². The maximum Gasteiger partial charge on any atom is 0.243 e. The maximum atomic E-state index is 12.7. The highest BCUT2D eigenvalue weighted by molar-refractivity contribution is 5.86. The van der Waals surface area contributed by atoms with Gasteiger partial charge in [-0.05, 0) is 39.7 Å². The van der Waals surface area contributed by atoms with Crippen LogP contribution in [0.1, 0.15) is 40.0 Å². The van der Waals surface area contributed by atoms with Gasteiger partial charge in [0.25, 0.3) is 0 Å². The molecule has 98 valence electrons. The predicted octanol–water partition coefficient (Wildman–Crippen LogP) is 1.15. The molecule has 17 heavy (non-hydrogen) atoms. The molecule has 1 N–H and O–H groups in total. The number of ether oxygens (including phenoxy) is 1. The third-order valence-corrected chi connectivity index (χ3v) is 3.96. The lowest BCUT2D eigenvalue weighted by molar-refractivity contribution is -0.149. The van der Waals surface area contributed by atoms with Crippen LogP contribution < -0.4 is 5.32 Å². The van der Waals surface area contributed by atoms with Crippen molar-refractivity contribution in [3.63, 3.8) is 0 Å².